The topological polar surface area (TPSA) is 77.1 Å². The Labute approximate surface area is 156 Å². The second-order valence-electron chi connectivity index (χ2n) is 6.58. The molecule has 140 valence electrons. The Bertz CT molecular complexity index is 865. The lowest BCUT2D eigenvalue weighted by Gasteiger charge is -2.17. The second kappa shape index (κ2) is 7.19. The maximum Gasteiger partial charge on any atom is 0.231 e. The molecule has 0 aliphatic carbocycles. The first-order chi connectivity index (χ1) is 13.1. The minimum Gasteiger partial charge on any atom is -0.497 e. The summed E-state index contributed by atoms with van der Waals surface area (Å²) in [6, 6.07) is 12.8. The minimum atomic E-state index is -0.374. The summed E-state index contributed by atoms with van der Waals surface area (Å²) in [5.41, 5.74) is 1.63. The number of nitrogens with one attached hydrogen (secondary N) is 1. The van der Waals surface area contributed by atoms with Crippen LogP contribution >= 0.6 is 0 Å². The number of benzene rings is 2. The first-order valence-electron chi connectivity index (χ1n) is 8.73. The Morgan fingerprint density at radius 3 is 2.74 bits per heavy atom. The van der Waals surface area contributed by atoms with E-state index >= 15 is 0 Å². The van der Waals surface area contributed by atoms with Gasteiger partial charge in [-0.3, -0.25) is 9.59 Å². The molecule has 1 atom stereocenters. The maximum atomic E-state index is 12.6. The Morgan fingerprint density at radius 1 is 1.19 bits per heavy atom. The number of ether oxygens (including phenoxy) is 3. The van der Waals surface area contributed by atoms with Gasteiger partial charge in [0.25, 0.3) is 0 Å². The largest absolute Gasteiger partial charge is 0.497 e. The SMILES string of the molecule is COc1ccc(CN2CC(C(=O)Nc3ccc4c(c3)OCO4)CC2=O)cc1. The summed E-state index contributed by atoms with van der Waals surface area (Å²) in [4.78, 5) is 26.6. The van der Waals surface area contributed by atoms with Crippen LogP contribution in [0.2, 0.25) is 0 Å². The molecule has 2 aliphatic rings. The number of hydrogen-bond acceptors (Lipinski definition) is 5. The number of nitrogens with zero attached hydrogens (tertiary/aromatic N) is 1. The van der Waals surface area contributed by atoms with Crippen molar-refractivity contribution >= 4 is 17.5 Å². The van der Waals surface area contributed by atoms with Gasteiger partial charge in [-0.25, -0.2) is 0 Å². The van der Waals surface area contributed by atoms with Gasteiger partial charge in [-0.05, 0) is 29.8 Å². The van der Waals surface area contributed by atoms with Gasteiger partial charge in [0.1, 0.15) is 5.75 Å². The molecule has 0 aromatic heterocycles. The molecule has 0 spiro atoms. The maximum absolute atomic E-state index is 12.6. The molecular weight excluding hydrogens is 348 g/mol. The lowest BCUT2D eigenvalue weighted by Crippen LogP contribution is -2.28. The highest BCUT2D eigenvalue weighted by Gasteiger charge is 2.34. The molecule has 1 N–H and O–H groups in total. The van der Waals surface area contributed by atoms with E-state index in [9.17, 15) is 9.59 Å². The second-order valence-corrected chi connectivity index (χ2v) is 6.58. The summed E-state index contributed by atoms with van der Waals surface area (Å²) < 4.78 is 15.7. The standard InChI is InChI=1S/C20H20N2O5/c1-25-16-5-2-13(3-6-16)10-22-11-14(8-19(22)23)20(24)21-15-4-7-17-18(9-15)27-12-26-17/h2-7,9,14H,8,10-12H2,1H3,(H,21,24). The molecule has 2 amide bonds. The van der Waals surface area contributed by atoms with Crippen LogP contribution in [0, 0.1) is 5.92 Å². The first-order valence-corrected chi connectivity index (χ1v) is 8.73. The van der Waals surface area contributed by atoms with Crippen molar-refractivity contribution in [2.45, 2.75) is 13.0 Å². The van der Waals surface area contributed by atoms with Gasteiger partial charge >= 0.3 is 0 Å². The van der Waals surface area contributed by atoms with Crippen LogP contribution in [0.1, 0.15) is 12.0 Å². The Kier molecular flexibility index (Phi) is 4.58. The van der Waals surface area contributed by atoms with E-state index in [2.05, 4.69) is 5.32 Å². The van der Waals surface area contributed by atoms with E-state index in [0.29, 0.717) is 30.3 Å². The van der Waals surface area contributed by atoms with E-state index < -0.39 is 0 Å². The molecule has 0 bridgehead atoms. The van der Waals surface area contributed by atoms with Crippen molar-refractivity contribution in [2.24, 2.45) is 5.92 Å². The van der Waals surface area contributed by atoms with Gasteiger partial charge in [-0.2, -0.15) is 0 Å². The Balaban J connectivity index is 1.37. The molecule has 2 aliphatic heterocycles. The predicted octanol–water partition coefficient (Wildman–Crippen LogP) is 2.41. The third kappa shape index (κ3) is 3.67. The van der Waals surface area contributed by atoms with Gasteiger partial charge in [0.2, 0.25) is 18.6 Å². The van der Waals surface area contributed by atoms with Crippen molar-refractivity contribution in [1.29, 1.82) is 0 Å². The third-order valence-corrected chi connectivity index (χ3v) is 4.76. The number of likely N-dealkylation sites (tertiary alicyclic amines) is 1. The van der Waals surface area contributed by atoms with Crippen LogP contribution in [0.3, 0.4) is 0 Å². The fourth-order valence-corrected chi connectivity index (χ4v) is 3.27. The molecule has 0 radical (unpaired) electrons. The van der Waals surface area contributed by atoms with E-state index in [1.807, 2.05) is 24.3 Å². The summed E-state index contributed by atoms with van der Waals surface area (Å²) in [7, 11) is 1.61. The van der Waals surface area contributed by atoms with Crippen LogP contribution in [0.4, 0.5) is 5.69 Å². The summed E-state index contributed by atoms with van der Waals surface area (Å²) in [6.07, 6.45) is 0.215. The first kappa shape index (κ1) is 17.2. The van der Waals surface area contributed by atoms with Gasteiger partial charge in [-0.1, -0.05) is 12.1 Å². The molecule has 1 fully saturated rings. The smallest absolute Gasteiger partial charge is 0.231 e. The zero-order chi connectivity index (χ0) is 18.8. The Morgan fingerprint density at radius 2 is 1.96 bits per heavy atom. The fourth-order valence-electron chi connectivity index (χ4n) is 3.27. The van der Waals surface area contributed by atoms with Crippen LogP contribution in [-0.4, -0.2) is 37.2 Å². The lowest BCUT2D eigenvalue weighted by molar-refractivity contribution is -0.128. The minimum absolute atomic E-state index is 0.0170. The van der Waals surface area contributed by atoms with Crippen LogP contribution < -0.4 is 19.5 Å². The van der Waals surface area contributed by atoms with E-state index in [1.165, 1.54) is 0 Å². The van der Waals surface area contributed by atoms with Crippen molar-refractivity contribution in [1.82, 2.24) is 4.90 Å². The van der Waals surface area contributed by atoms with Gasteiger partial charge < -0.3 is 24.4 Å². The molecule has 7 heteroatoms. The van der Waals surface area contributed by atoms with E-state index in [-0.39, 0.29) is 30.9 Å². The van der Waals surface area contributed by atoms with Crippen molar-refractivity contribution in [3.8, 4) is 17.2 Å². The number of fused-ring (bicyclic) bond motifs is 1. The number of rotatable bonds is 5. The lowest BCUT2D eigenvalue weighted by atomic mass is 10.1. The van der Waals surface area contributed by atoms with Gasteiger partial charge in [0, 0.05) is 31.3 Å². The molecule has 2 aromatic rings. The quantitative estimate of drug-likeness (QED) is 0.877. The number of amides is 2. The van der Waals surface area contributed by atoms with E-state index in [4.69, 9.17) is 14.2 Å². The van der Waals surface area contributed by atoms with Gasteiger partial charge in [0.05, 0.1) is 13.0 Å². The normalized spacial score (nSPS) is 17.9. The van der Waals surface area contributed by atoms with Gasteiger partial charge in [-0.15, -0.1) is 0 Å². The highest BCUT2D eigenvalue weighted by atomic mass is 16.7. The summed E-state index contributed by atoms with van der Waals surface area (Å²) in [5.74, 6) is 1.48. The molecular formula is C20H20N2O5. The molecule has 0 saturated carbocycles. The zero-order valence-corrected chi connectivity index (χ0v) is 14.9. The fraction of sp³-hybridized carbons (Fsp3) is 0.300. The number of anilines is 1. The Hall–Kier alpha value is -3.22. The zero-order valence-electron chi connectivity index (χ0n) is 14.9. The summed E-state index contributed by atoms with van der Waals surface area (Å²) in [5, 5.41) is 2.86. The van der Waals surface area contributed by atoms with E-state index in [1.54, 1.807) is 30.2 Å². The predicted molar refractivity (Wildman–Crippen MR) is 97.7 cm³/mol. The van der Waals surface area contributed by atoms with Crippen LogP contribution in [0.25, 0.3) is 0 Å². The number of carbonyl (C=O) groups is 2. The number of carbonyl (C=O) groups excluding carboxylic acids is 2. The molecule has 2 aromatic carbocycles. The van der Waals surface area contributed by atoms with Gasteiger partial charge in [0.15, 0.2) is 11.5 Å². The number of methoxy groups -OCH3 is 1. The molecule has 27 heavy (non-hydrogen) atoms. The molecule has 1 unspecified atom stereocenters. The van der Waals surface area contributed by atoms with Crippen molar-refractivity contribution in [2.75, 3.05) is 25.8 Å². The van der Waals surface area contributed by atoms with Crippen LogP contribution in [0.15, 0.2) is 42.5 Å². The molecule has 7 nitrogen and oxygen atoms in total. The van der Waals surface area contributed by atoms with Crippen LogP contribution in [0.5, 0.6) is 17.2 Å². The molecule has 1 saturated heterocycles. The molecule has 4 rings (SSSR count). The monoisotopic (exact) mass is 368 g/mol. The van der Waals surface area contributed by atoms with E-state index in [0.717, 1.165) is 11.3 Å². The van der Waals surface area contributed by atoms with Crippen molar-refractivity contribution in [3.05, 3.63) is 48.0 Å². The third-order valence-electron chi connectivity index (χ3n) is 4.76. The average molecular weight is 368 g/mol. The number of hydrogen-bond donors (Lipinski definition) is 1. The average Bonchev–Trinajstić information content (AvgIpc) is 3.29. The van der Waals surface area contributed by atoms with Crippen molar-refractivity contribution < 1.29 is 23.8 Å². The van der Waals surface area contributed by atoms with Crippen LogP contribution in [-0.2, 0) is 16.1 Å². The van der Waals surface area contributed by atoms with Crippen molar-refractivity contribution in [3.63, 3.8) is 0 Å². The summed E-state index contributed by atoms with van der Waals surface area (Å²) in [6.45, 7) is 1.07. The highest BCUT2D eigenvalue weighted by Crippen LogP contribution is 2.34. The highest BCUT2D eigenvalue weighted by molar-refractivity contribution is 5.97. The molecule has 2 heterocycles. The summed E-state index contributed by atoms with van der Waals surface area (Å²) >= 11 is 0.